The molecule has 3 heterocycles. The predicted octanol–water partition coefficient (Wildman–Crippen LogP) is 2.86. The van der Waals surface area contributed by atoms with E-state index in [0.29, 0.717) is 27.4 Å². The van der Waals surface area contributed by atoms with E-state index >= 15 is 0 Å². The summed E-state index contributed by atoms with van der Waals surface area (Å²) < 4.78 is 5.77. The smallest absolute Gasteiger partial charge is 0.287 e. The summed E-state index contributed by atoms with van der Waals surface area (Å²) >= 11 is 3.22. The Balaban J connectivity index is 1.93. The van der Waals surface area contributed by atoms with Crippen molar-refractivity contribution in [2.75, 3.05) is 0 Å². The fraction of sp³-hybridized carbons (Fsp3) is 0. The zero-order valence-corrected chi connectivity index (χ0v) is 11.9. The van der Waals surface area contributed by atoms with Gasteiger partial charge in [0.2, 0.25) is 0 Å². The molecule has 0 unspecified atom stereocenters. The highest BCUT2D eigenvalue weighted by Gasteiger charge is 2.13. The molecule has 104 valence electrons. The van der Waals surface area contributed by atoms with Crippen LogP contribution in [0, 0.1) is 10.1 Å². The molecule has 0 spiro atoms. The molecule has 0 aliphatic carbocycles. The molecule has 3 aromatic rings. The second-order valence-electron chi connectivity index (χ2n) is 3.96. The first-order chi connectivity index (χ1) is 10.1. The van der Waals surface area contributed by atoms with Gasteiger partial charge in [0.15, 0.2) is 5.76 Å². The van der Waals surface area contributed by atoms with E-state index in [9.17, 15) is 10.1 Å². The highest BCUT2D eigenvalue weighted by molar-refractivity contribution is 9.10. The van der Waals surface area contributed by atoms with Crippen LogP contribution in [0.25, 0.3) is 22.8 Å². The van der Waals surface area contributed by atoms with Crippen molar-refractivity contribution in [2.24, 2.45) is 0 Å². The van der Waals surface area contributed by atoms with Gasteiger partial charge in [0.25, 0.3) is 5.69 Å². The molecule has 0 radical (unpaired) electrons. The summed E-state index contributed by atoms with van der Waals surface area (Å²) in [5, 5.41) is 14.5. The summed E-state index contributed by atoms with van der Waals surface area (Å²) in [5.74, 6) is 0.430. The third-order valence-corrected chi connectivity index (χ3v) is 2.97. The number of aromatic nitrogens is 4. The number of halogens is 1. The monoisotopic (exact) mass is 347 g/mol. The molecule has 3 rings (SSSR count). The third-order valence-electron chi connectivity index (χ3n) is 2.59. The second kappa shape index (κ2) is 5.37. The van der Waals surface area contributed by atoms with E-state index in [2.05, 4.69) is 36.0 Å². The van der Waals surface area contributed by atoms with Crippen molar-refractivity contribution in [3.05, 3.63) is 51.5 Å². The predicted molar refractivity (Wildman–Crippen MR) is 75.1 cm³/mol. The van der Waals surface area contributed by atoms with Gasteiger partial charge in [-0.25, -0.2) is 9.97 Å². The summed E-state index contributed by atoms with van der Waals surface area (Å²) in [6.45, 7) is 0. The van der Waals surface area contributed by atoms with Crippen molar-refractivity contribution >= 4 is 21.6 Å². The first-order valence-corrected chi connectivity index (χ1v) is 6.48. The average molecular weight is 348 g/mol. The molecule has 0 N–H and O–H groups in total. The molecule has 0 aliphatic rings. The lowest BCUT2D eigenvalue weighted by molar-refractivity contribution is -0.385. The third kappa shape index (κ3) is 2.77. The molecule has 3 aromatic heterocycles. The topological polar surface area (TPSA) is 108 Å². The van der Waals surface area contributed by atoms with Crippen LogP contribution in [-0.4, -0.2) is 25.0 Å². The van der Waals surface area contributed by atoms with Crippen LogP contribution in [0.5, 0.6) is 0 Å². The van der Waals surface area contributed by atoms with E-state index in [4.69, 9.17) is 4.52 Å². The first-order valence-electron chi connectivity index (χ1n) is 5.69. The van der Waals surface area contributed by atoms with Crippen molar-refractivity contribution in [2.45, 2.75) is 0 Å². The summed E-state index contributed by atoms with van der Waals surface area (Å²) in [6.07, 6.45) is 4.26. The minimum absolute atomic E-state index is 0.0830. The lowest BCUT2D eigenvalue weighted by Gasteiger charge is -1.94. The fourth-order valence-corrected chi connectivity index (χ4v) is 1.93. The molecule has 21 heavy (non-hydrogen) atoms. The maximum Gasteiger partial charge on any atom is 0.287 e. The number of nitrogens with zero attached hydrogens (tertiary/aromatic N) is 5. The van der Waals surface area contributed by atoms with Crippen LogP contribution >= 0.6 is 15.9 Å². The molecular formula is C12H6BrN5O3. The van der Waals surface area contributed by atoms with Crippen molar-refractivity contribution in [1.29, 1.82) is 0 Å². The van der Waals surface area contributed by atoms with Crippen LogP contribution in [0.1, 0.15) is 0 Å². The Morgan fingerprint density at radius 2 is 2.00 bits per heavy atom. The van der Waals surface area contributed by atoms with Crippen LogP contribution in [-0.2, 0) is 0 Å². The molecule has 0 atom stereocenters. The fourth-order valence-electron chi connectivity index (χ4n) is 1.62. The Morgan fingerprint density at radius 1 is 1.14 bits per heavy atom. The van der Waals surface area contributed by atoms with Crippen molar-refractivity contribution in [1.82, 2.24) is 20.1 Å². The van der Waals surface area contributed by atoms with Gasteiger partial charge in [0, 0.05) is 12.1 Å². The molecular weight excluding hydrogens is 342 g/mol. The summed E-state index contributed by atoms with van der Waals surface area (Å²) in [7, 11) is 0. The quantitative estimate of drug-likeness (QED) is 0.529. The number of rotatable bonds is 3. The molecule has 8 nitrogen and oxygen atoms in total. The van der Waals surface area contributed by atoms with Crippen molar-refractivity contribution in [3.8, 4) is 22.8 Å². The minimum atomic E-state index is -0.512. The van der Waals surface area contributed by atoms with Crippen LogP contribution < -0.4 is 0 Å². The van der Waals surface area contributed by atoms with Crippen LogP contribution in [0.4, 0.5) is 5.69 Å². The zero-order chi connectivity index (χ0) is 14.8. The van der Waals surface area contributed by atoms with E-state index in [1.54, 1.807) is 12.3 Å². The molecule has 0 aliphatic heterocycles. The number of hydrogen-bond donors (Lipinski definition) is 0. The largest absolute Gasteiger partial charge is 0.354 e. The Hall–Kier alpha value is -2.68. The molecule has 0 saturated heterocycles. The van der Waals surface area contributed by atoms with E-state index < -0.39 is 4.92 Å². The number of hydrogen-bond acceptors (Lipinski definition) is 7. The van der Waals surface area contributed by atoms with E-state index in [1.807, 2.05) is 0 Å². The molecule has 0 bridgehead atoms. The molecule has 0 fully saturated rings. The number of nitro groups is 1. The van der Waals surface area contributed by atoms with E-state index in [-0.39, 0.29) is 5.69 Å². The van der Waals surface area contributed by atoms with Gasteiger partial charge in [-0.2, -0.15) is 0 Å². The highest BCUT2D eigenvalue weighted by Crippen LogP contribution is 2.24. The van der Waals surface area contributed by atoms with Gasteiger partial charge in [0.05, 0.1) is 23.0 Å². The van der Waals surface area contributed by atoms with Gasteiger partial charge in [-0.1, -0.05) is 5.16 Å². The maximum absolute atomic E-state index is 10.6. The van der Waals surface area contributed by atoms with Crippen LogP contribution in [0.3, 0.4) is 0 Å². The average Bonchev–Trinajstić information content (AvgIpc) is 2.97. The second-order valence-corrected chi connectivity index (χ2v) is 4.77. The van der Waals surface area contributed by atoms with E-state index in [0.717, 1.165) is 0 Å². The normalized spacial score (nSPS) is 10.5. The van der Waals surface area contributed by atoms with Gasteiger partial charge < -0.3 is 4.52 Å². The summed E-state index contributed by atoms with van der Waals surface area (Å²) in [6, 6.07) is 4.51. The Kier molecular flexibility index (Phi) is 3.40. The minimum Gasteiger partial charge on any atom is -0.354 e. The highest BCUT2D eigenvalue weighted by atomic mass is 79.9. The lowest BCUT2D eigenvalue weighted by atomic mass is 10.2. The Labute approximate surface area is 126 Å². The maximum atomic E-state index is 10.6. The summed E-state index contributed by atoms with van der Waals surface area (Å²) in [4.78, 5) is 22.2. The zero-order valence-electron chi connectivity index (χ0n) is 10.3. The molecule has 9 heteroatoms. The van der Waals surface area contributed by atoms with Gasteiger partial charge in [-0.15, -0.1) is 0 Å². The Morgan fingerprint density at radius 3 is 2.67 bits per heavy atom. The lowest BCUT2D eigenvalue weighted by Crippen LogP contribution is -1.90. The SMILES string of the molecule is O=[N+]([O-])c1ccc(-c2cc(-c3cncc(Br)n3)on2)nc1. The Bertz CT molecular complexity index is 803. The van der Waals surface area contributed by atoms with Crippen LogP contribution in [0.15, 0.2) is 45.9 Å². The van der Waals surface area contributed by atoms with Crippen molar-refractivity contribution in [3.63, 3.8) is 0 Å². The summed E-state index contributed by atoms with van der Waals surface area (Å²) in [5.41, 5.74) is 1.37. The van der Waals surface area contributed by atoms with Gasteiger partial charge >= 0.3 is 0 Å². The van der Waals surface area contributed by atoms with Crippen molar-refractivity contribution < 1.29 is 9.45 Å². The first kappa shape index (κ1) is 13.3. The molecule has 0 saturated carbocycles. The van der Waals surface area contributed by atoms with Gasteiger partial charge in [-0.3, -0.25) is 15.1 Å². The van der Waals surface area contributed by atoms with Gasteiger partial charge in [-0.05, 0) is 22.0 Å². The molecule has 0 amide bonds. The standard InChI is InChI=1S/C12H6BrN5O3/c13-12-6-14-5-10(16-12)11-3-9(17-21-11)8-2-1-7(4-15-8)18(19)20/h1-6H. The van der Waals surface area contributed by atoms with E-state index in [1.165, 1.54) is 24.5 Å². The van der Waals surface area contributed by atoms with Crippen LogP contribution in [0.2, 0.25) is 0 Å². The van der Waals surface area contributed by atoms with Gasteiger partial charge in [0.1, 0.15) is 22.2 Å². The number of pyridine rings is 1. The molecule has 0 aromatic carbocycles.